The van der Waals surface area contributed by atoms with Crippen LogP contribution in [0.25, 0.3) is 0 Å². The van der Waals surface area contributed by atoms with E-state index in [-0.39, 0.29) is 5.75 Å². The van der Waals surface area contributed by atoms with Gasteiger partial charge < -0.3 is 14.7 Å². The number of aliphatic imine (C=N–C) groups is 1. The molecule has 0 amide bonds. The molecule has 152 valence electrons. The molecule has 1 fully saturated rings. The number of nitrogens with one attached hydrogen (secondary N) is 1. The first-order chi connectivity index (χ1) is 13.5. The van der Waals surface area contributed by atoms with Crippen LogP contribution in [0, 0.1) is 0 Å². The second-order valence-electron chi connectivity index (χ2n) is 6.87. The van der Waals surface area contributed by atoms with Crippen LogP contribution in [0.3, 0.4) is 0 Å². The summed E-state index contributed by atoms with van der Waals surface area (Å²) in [4.78, 5) is 6.46. The molecule has 0 spiro atoms. The number of benzene rings is 1. The lowest BCUT2D eigenvalue weighted by Crippen LogP contribution is -2.54. The predicted molar refractivity (Wildman–Crippen MR) is 108 cm³/mol. The molecule has 1 unspecified atom stereocenters. The molecular formula is C19H27N5O3S. The van der Waals surface area contributed by atoms with Crippen LogP contribution >= 0.6 is 0 Å². The van der Waals surface area contributed by atoms with Crippen molar-refractivity contribution in [1.29, 1.82) is 0 Å². The van der Waals surface area contributed by atoms with Crippen LogP contribution in [0.5, 0.6) is 0 Å². The number of guanidine groups is 1. The van der Waals surface area contributed by atoms with Crippen molar-refractivity contribution in [3.8, 4) is 0 Å². The molecule has 2 aromatic rings. The molecule has 1 saturated heterocycles. The van der Waals surface area contributed by atoms with E-state index in [1.165, 1.54) is 16.1 Å². The van der Waals surface area contributed by atoms with E-state index in [2.05, 4.69) is 39.4 Å². The first-order valence-electron chi connectivity index (χ1n) is 9.37. The van der Waals surface area contributed by atoms with Crippen molar-refractivity contribution >= 4 is 16.0 Å². The molecule has 28 heavy (non-hydrogen) atoms. The summed E-state index contributed by atoms with van der Waals surface area (Å²) in [5.74, 6) is 1.02. The normalized spacial score (nSPS) is 17.5. The summed E-state index contributed by atoms with van der Waals surface area (Å²) in [6.07, 6.45) is 1.38. The predicted octanol–water partition coefficient (Wildman–Crippen LogP) is 1.50. The first kappa shape index (κ1) is 20.3. The Morgan fingerprint density at radius 1 is 1.21 bits per heavy atom. The smallest absolute Gasteiger partial charge is 0.220 e. The quantitative estimate of drug-likeness (QED) is 0.579. The second kappa shape index (κ2) is 9.20. The zero-order valence-corrected chi connectivity index (χ0v) is 17.1. The summed E-state index contributed by atoms with van der Waals surface area (Å²) in [5.41, 5.74) is 1.70. The van der Waals surface area contributed by atoms with Gasteiger partial charge in [-0.15, -0.1) is 0 Å². The number of nitrogens with zero attached hydrogens (tertiary/aromatic N) is 4. The molecule has 1 aromatic heterocycles. The van der Waals surface area contributed by atoms with Crippen molar-refractivity contribution in [2.75, 3.05) is 39.8 Å². The van der Waals surface area contributed by atoms with Crippen LogP contribution in [0.1, 0.15) is 24.1 Å². The highest BCUT2D eigenvalue weighted by atomic mass is 32.2. The van der Waals surface area contributed by atoms with Crippen LogP contribution in [0.4, 0.5) is 0 Å². The first-order valence-corrected chi connectivity index (χ1v) is 11.0. The highest BCUT2D eigenvalue weighted by molar-refractivity contribution is 7.88. The summed E-state index contributed by atoms with van der Waals surface area (Å²) >= 11 is 0. The zero-order valence-electron chi connectivity index (χ0n) is 16.3. The van der Waals surface area contributed by atoms with Crippen LogP contribution in [-0.4, -0.2) is 68.5 Å². The maximum Gasteiger partial charge on any atom is 0.220 e. The van der Waals surface area contributed by atoms with Gasteiger partial charge in [-0.05, 0) is 11.5 Å². The van der Waals surface area contributed by atoms with Gasteiger partial charge in [-0.25, -0.2) is 8.42 Å². The monoisotopic (exact) mass is 405 g/mol. The molecular weight excluding hydrogens is 378 g/mol. The fourth-order valence-corrected chi connectivity index (χ4v) is 4.67. The lowest BCUT2D eigenvalue weighted by molar-refractivity contribution is 0.259. The summed E-state index contributed by atoms with van der Waals surface area (Å²) in [7, 11) is -1.65. The van der Waals surface area contributed by atoms with E-state index in [0.29, 0.717) is 37.8 Å². The van der Waals surface area contributed by atoms with Gasteiger partial charge in [0.15, 0.2) is 5.96 Å². The Bertz CT molecular complexity index is 860. The summed E-state index contributed by atoms with van der Waals surface area (Å²) in [6.45, 7) is 4.98. The lowest BCUT2D eigenvalue weighted by Gasteiger charge is -2.36. The minimum Gasteiger partial charge on any atom is -0.364 e. The lowest BCUT2D eigenvalue weighted by atomic mass is 10.0. The fourth-order valence-electron chi connectivity index (χ4n) is 3.24. The molecule has 0 bridgehead atoms. The highest BCUT2D eigenvalue weighted by Crippen LogP contribution is 2.15. The summed E-state index contributed by atoms with van der Waals surface area (Å²) in [5, 5.41) is 7.11. The average molecular weight is 406 g/mol. The maximum absolute atomic E-state index is 12.6. The van der Waals surface area contributed by atoms with Crippen molar-refractivity contribution in [1.82, 2.24) is 19.7 Å². The molecule has 1 aromatic carbocycles. The summed E-state index contributed by atoms with van der Waals surface area (Å²) < 4.78 is 31.3. The molecule has 2 heterocycles. The van der Waals surface area contributed by atoms with Crippen molar-refractivity contribution < 1.29 is 12.9 Å². The van der Waals surface area contributed by atoms with Crippen LogP contribution < -0.4 is 5.32 Å². The largest absolute Gasteiger partial charge is 0.364 e. The van der Waals surface area contributed by atoms with Gasteiger partial charge in [0, 0.05) is 45.8 Å². The van der Waals surface area contributed by atoms with Gasteiger partial charge in [0.05, 0.1) is 5.69 Å². The van der Waals surface area contributed by atoms with Crippen LogP contribution in [0.15, 0.2) is 52.2 Å². The Balaban J connectivity index is 1.51. The highest BCUT2D eigenvalue weighted by Gasteiger charge is 2.29. The Kier molecular flexibility index (Phi) is 6.69. The minimum atomic E-state index is -3.40. The van der Waals surface area contributed by atoms with E-state index < -0.39 is 10.0 Å². The van der Waals surface area contributed by atoms with Crippen molar-refractivity contribution in [3.05, 3.63) is 53.9 Å². The Hall–Kier alpha value is -2.39. The number of aromatic nitrogens is 1. The third-order valence-electron chi connectivity index (χ3n) is 4.90. The Morgan fingerprint density at radius 3 is 2.54 bits per heavy atom. The van der Waals surface area contributed by atoms with Crippen molar-refractivity contribution in [2.24, 2.45) is 4.99 Å². The van der Waals surface area contributed by atoms with Gasteiger partial charge in [0.1, 0.15) is 12.0 Å². The van der Waals surface area contributed by atoms with Gasteiger partial charge in [-0.3, -0.25) is 4.99 Å². The molecule has 3 rings (SSSR count). The number of hydrogen-bond donors (Lipinski definition) is 1. The molecule has 1 aliphatic rings. The van der Waals surface area contributed by atoms with Crippen LogP contribution in [0.2, 0.25) is 0 Å². The fraction of sp³-hybridized carbons (Fsp3) is 0.474. The van der Waals surface area contributed by atoms with Gasteiger partial charge >= 0.3 is 0 Å². The minimum absolute atomic E-state index is 0.134. The van der Waals surface area contributed by atoms with E-state index in [1.807, 2.05) is 18.2 Å². The molecule has 0 saturated carbocycles. The zero-order chi connectivity index (χ0) is 20.0. The van der Waals surface area contributed by atoms with Crippen molar-refractivity contribution in [3.63, 3.8) is 0 Å². The molecule has 1 N–H and O–H groups in total. The molecule has 1 aliphatic heterocycles. The second-order valence-corrected chi connectivity index (χ2v) is 8.84. The molecule has 1 atom stereocenters. The van der Waals surface area contributed by atoms with Crippen LogP contribution in [-0.2, 0) is 15.8 Å². The van der Waals surface area contributed by atoms with E-state index >= 15 is 0 Å². The third-order valence-corrected chi connectivity index (χ3v) is 6.71. The molecule has 9 heteroatoms. The third kappa shape index (κ3) is 5.11. The maximum atomic E-state index is 12.6. The van der Waals surface area contributed by atoms with E-state index in [9.17, 15) is 8.42 Å². The topological polar surface area (TPSA) is 91.0 Å². The van der Waals surface area contributed by atoms with Gasteiger partial charge in [-0.1, -0.05) is 42.4 Å². The van der Waals surface area contributed by atoms with Gasteiger partial charge in [-0.2, -0.15) is 4.31 Å². The standard InChI is InChI=1S/C19H27N5O3S/c1-16(17-6-4-3-5-7-17)14-21-19(20-2)23-9-11-24(12-10-23)28(25,26)15-18-8-13-27-22-18/h3-8,13,16H,9-12,14-15H2,1-2H3,(H,20,21). The molecule has 0 radical (unpaired) electrons. The number of sulfonamides is 1. The van der Waals surface area contributed by atoms with E-state index in [0.717, 1.165) is 12.5 Å². The number of piperazine rings is 1. The van der Waals surface area contributed by atoms with E-state index in [4.69, 9.17) is 4.52 Å². The molecule has 0 aliphatic carbocycles. The Labute approximate surface area is 166 Å². The van der Waals surface area contributed by atoms with E-state index in [1.54, 1.807) is 13.1 Å². The average Bonchev–Trinajstić information content (AvgIpc) is 3.21. The molecule has 8 nitrogen and oxygen atoms in total. The number of rotatable bonds is 6. The van der Waals surface area contributed by atoms with Gasteiger partial charge in [0.25, 0.3) is 0 Å². The SMILES string of the molecule is CN=C(NCC(C)c1ccccc1)N1CCN(S(=O)(=O)Cc2ccon2)CC1. The van der Waals surface area contributed by atoms with Gasteiger partial charge in [0.2, 0.25) is 10.0 Å². The van der Waals surface area contributed by atoms with Crippen molar-refractivity contribution in [2.45, 2.75) is 18.6 Å². The summed E-state index contributed by atoms with van der Waals surface area (Å²) in [6, 6.07) is 11.9. The number of hydrogen-bond acceptors (Lipinski definition) is 5. The Morgan fingerprint density at radius 2 is 1.93 bits per heavy atom.